The van der Waals surface area contributed by atoms with Gasteiger partial charge in [0.15, 0.2) is 11.8 Å². The lowest BCUT2D eigenvalue weighted by atomic mass is 9.85. The van der Waals surface area contributed by atoms with Gasteiger partial charge in [0.2, 0.25) is 11.8 Å². The number of aliphatic imine (C=N–C) groups is 1. The second kappa shape index (κ2) is 8.27. The van der Waals surface area contributed by atoms with Crippen LogP contribution in [0.5, 0.6) is 0 Å². The van der Waals surface area contributed by atoms with Gasteiger partial charge in [-0.25, -0.2) is 14.5 Å². The van der Waals surface area contributed by atoms with Crippen molar-refractivity contribution >= 4 is 58.0 Å². The molecule has 3 heterocycles. The Balaban J connectivity index is 1.64. The van der Waals surface area contributed by atoms with Crippen LogP contribution in [0.2, 0.25) is 0 Å². The number of thiophene rings is 1. The molecule has 1 aromatic heterocycles. The Morgan fingerprint density at radius 3 is 2.49 bits per heavy atom. The highest BCUT2D eigenvalue weighted by molar-refractivity contribution is 7.12. The Morgan fingerprint density at radius 1 is 1.11 bits per heavy atom. The predicted molar refractivity (Wildman–Crippen MR) is 123 cm³/mol. The highest BCUT2D eigenvalue weighted by Crippen LogP contribution is 2.45. The number of Topliss-reactive ketones (excluding diaryl/α,β-unsaturated/α-hetero) is 1. The molecule has 10 nitrogen and oxygen atoms in total. The highest BCUT2D eigenvalue weighted by atomic mass is 32.1. The van der Waals surface area contributed by atoms with E-state index in [9.17, 15) is 29.1 Å². The maximum atomic E-state index is 13.6. The van der Waals surface area contributed by atoms with Gasteiger partial charge in [-0.1, -0.05) is 24.3 Å². The standard InChI is InChI=1S/C24H18N2O8S/c1-3-34-23(31)17-14-13(16(25-17)15-18(27)10-6-4-5-7-11(10)19(15)28)21(29)26(22(14)30)12-8-9-35-20(12)24(32)33-2/h4-9,13-14,17,27H,3H2,1-2H3/t13-,14+,17-/m0/s1. The zero-order chi connectivity index (χ0) is 25.0. The predicted octanol–water partition coefficient (Wildman–Crippen LogP) is 2.19. The molecular formula is C24H18N2O8S. The first-order valence-corrected chi connectivity index (χ1v) is 11.5. The average Bonchev–Trinajstić information content (AvgIpc) is 3.59. The van der Waals surface area contributed by atoms with Gasteiger partial charge in [0.05, 0.1) is 42.5 Å². The molecule has 3 aliphatic rings. The van der Waals surface area contributed by atoms with Gasteiger partial charge in [-0.15, -0.1) is 11.3 Å². The van der Waals surface area contributed by atoms with E-state index >= 15 is 0 Å². The lowest BCUT2D eigenvalue weighted by Crippen LogP contribution is -2.37. The molecule has 1 aliphatic carbocycles. The summed E-state index contributed by atoms with van der Waals surface area (Å²) in [6.07, 6.45) is 0. The molecule has 2 amide bonds. The van der Waals surface area contributed by atoms with E-state index in [1.54, 1.807) is 25.1 Å². The molecule has 0 saturated carbocycles. The fourth-order valence-corrected chi connectivity index (χ4v) is 5.51. The Kier molecular flexibility index (Phi) is 5.36. The number of fused-ring (bicyclic) bond motifs is 2. The number of anilines is 1. The fraction of sp³-hybridized carbons (Fsp3) is 0.250. The van der Waals surface area contributed by atoms with E-state index in [1.807, 2.05) is 0 Å². The van der Waals surface area contributed by atoms with Crippen LogP contribution in [-0.2, 0) is 23.9 Å². The monoisotopic (exact) mass is 494 g/mol. The van der Waals surface area contributed by atoms with Crippen LogP contribution in [0.4, 0.5) is 5.69 Å². The molecule has 0 spiro atoms. The minimum Gasteiger partial charge on any atom is -0.506 e. The Morgan fingerprint density at radius 2 is 1.83 bits per heavy atom. The summed E-state index contributed by atoms with van der Waals surface area (Å²) in [5, 5.41) is 12.4. The lowest BCUT2D eigenvalue weighted by molar-refractivity contribution is -0.147. The summed E-state index contributed by atoms with van der Waals surface area (Å²) in [6.45, 7) is 1.60. The molecule has 11 heteroatoms. The van der Waals surface area contributed by atoms with Crippen LogP contribution in [0.25, 0.3) is 5.76 Å². The second-order valence-electron chi connectivity index (χ2n) is 7.95. The fourth-order valence-electron chi connectivity index (χ4n) is 4.72. The number of carbonyl (C=O) groups excluding carboxylic acids is 5. The van der Waals surface area contributed by atoms with E-state index in [2.05, 4.69) is 4.99 Å². The van der Waals surface area contributed by atoms with Gasteiger partial charge >= 0.3 is 11.9 Å². The molecule has 2 aromatic rings. The van der Waals surface area contributed by atoms with Crippen molar-refractivity contribution in [1.82, 2.24) is 0 Å². The summed E-state index contributed by atoms with van der Waals surface area (Å²) in [5.74, 6) is -6.65. The topological polar surface area (TPSA) is 140 Å². The summed E-state index contributed by atoms with van der Waals surface area (Å²) in [4.78, 5) is 70.5. The second-order valence-corrected chi connectivity index (χ2v) is 8.87. The molecular weight excluding hydrogens is 476 g/mol. The third-order valence-corrected chi connectivity index (χ3v) is 7.08. The number of imide groups is 1. The first kappa shape index (κ1) is 22.7. The molecule has 0 bridgehead atoms. The smallest absolute Gasteiger partial charge is 0.350 e. The Bertz CT molecular complexity index is 1390. The number of hydrogen-bond acceptors (Lipinski definition) is 10. The van der Waals surface area contributed by atoms with Gasteiger partial charge in [-0.2, -0.15) is 0 Å². The summed E-state index contributed by atoms with van der Waals surface area (Å²) in [5.41, 5.74) is 0.133. The van der Waals surface area contributed by atoms with E-state index in [1.165, 1.54) is 24.6 Å². The van der Waals surface area contributed by atoms with Crippen molar-refractivity contribution in [3.05, 3.63) is 57.3 Å². The van der Waals surface area contributed by atoms with E-state index in [4.69, 9.17) is 9.47 Å². The van der Waals surface area contributed by atoms with Crippen LogP contribution in [0, 0.1) is 11.8 Å². The number of amides is 2. The van der Waals surface area contributed by atoms with Crippen molar-refractivity contribution in [3.8, 4) is 0 Å². The highest BCUT2D eigenvalue weighted by Gasteiger charge is 2.61. The minimum atomic E-state index is -1.39. The van der Waals surface area contributed by atoms with Gasteiger partial charge in [0.25, 0.3) is 0 Å². The van der Waals surface area contributed by atoms with Crippen molar-refractivity contribution in [2.24, 2.45) is 16.8 Å². The van der Waals surface area contributed by atoms with Crippen LogP contribution in [0.1, 0.15) is 32.5 Å². The van der Waals surface area contributed by atoms with E-state index in [0.717, 1.165) is 16.2 Å². The quantitative estimate of drug-likeness (QED) is 0.493. The third kappa shape index (κ3) is 3.15. The number of benzene rings is 1. The van der Waals surface area contributed by atoms with E-state index < -0.39 is 47.4 Å². The van der Waals surface area contributed by atoms with Crippen LogP contribution in [-0.4, -0.2) is 60.1 Å². The van der Waals surface area contributed by atoms with E-state index in [0.29, 0.717) is 0 Å². The number of carbonyl (C=O) groups is 5. The van der Waals surface area contributed by atoms with E-state index in [-0.39, 0.29) is 45.3 Å². The Hall–Kier alpha value is -4.12. The summed E-state index contributed by atoms with van der Waals surface area (Å²) >= 11 is 0.989. The van der Waals surface area contributed by atoms with Crippen LogP contribution in [0.3, 0.4) is 0 Å². The SMILES string of the molecule is CCOC(=O)[C@H]1N=C(C2=C(O)c3ccccc3C2=O)[C@H]2C(=O)N(c3ccsc3C(=O)OC)C(=O)[C@H]21. The zero-order valence-electron chi connectivity index (χ0n) is 18.5. The van der Waals surface area contributed by atoms with Gasteiger partial charge in [0, 0.05) is 11.1 Å². The minimum absolute atomic E-state index is 0.0127. The van der Waals surface area contributed by atoms with Crippen molar-refractivity contribution < 1.29 is 38.6 Å². The van der Waals surface area contributed by atoms with Gasteiger partial charge in [-0.05, 0) is 18.4 Å². The average molecular weight is 494 g/mol. The molecule has 3 atom stereocenters. The maximum absolute atomic E-state index is 13.6. The van der Waals surface area contributed by atoms with Crippen LogP contribution in [0.15, 0.2) is 46.3 Å². The number of rotatable bonds is 5. The number of aliphatic hydroxyl groups excluding tert-OH is 1. The summed E-state index contributed by atoms with van der Waals surface area (Å²) in [6, 6.07) is 6.38. The van der Waals surface area contributed by atoms with Gasteiger partial charge in [-0.3, -0.25) is 19.4 Å². The van der Waals surface area contributed by atoms with Gasteiger partial charge in [0.1, 0.15) is 10.6 Å². The number of ketones is 1. The first-order chi connectivity index (χ1) is 16.8. The molecule has 35 heavy (non-hydrogen) atoms. The molecule has 0 radical (unpaired) electrons. The summed E-state index contributed by atoms with van der Waals surface area (Å²) in [7, 11) is 1.17. The number of esters is 2. The number of nitrogens with zero attached hydrogens (tertiary/aromatic N) is 2. The molecule has 2 aliphatic heterocycles. The molecule has 1 aromatic carbocycles. The van der Waals surface area contributed by atoms with Crippen LogP contribution < -0.4 is 4.90 Å². The van der Waals surface area contributed by atoms with Crippen molar-refractivity contribution in [2.75, 3.05) is 18.6 Å². The maximum Gasteiger partial charge on any atom is 0.350 e. The first-order valence-electron chi connectivity index (χ1n) is 10.7. The molecule has 1 fully saturated rings. The molecule has 5 rings (SSSR count). The molecule has 1 saturated heterocycles. The lowest BCUT2D eigenvalue weighted by Gasteiger charge is -2.17. The van der Waals surface area contributed by atoms with Crippen molar-refractivity contribution in [3.63, 3.8) is 0 Å². The normalized spacial score (nSPS) is 22.9. The third-order valence-electron chi connectivity index (χ3n) is 6.20. The summed E-state index contributed by atoms with van der Waals surface area (Å²) < 4.78 is 9.84. The van der Waals surface area contributed by atoms with Crippen LogP contribution >= 0.6 is 11.3 Å². The zero-order valence-corrected chi connectivity index (χ0v) is 19.3. The largest absolute Gasteiger partial charge is 0.506 e. The molecule has 0 unspecified atom stereocenters. The molecule has 1 N–H and O–H groups in total. The Labute approximate surface area is 202 Å². The number of ether oxygens (including phenoxy) is 2. The molecule has 178 valence electrons. The number of methoxy groups -OCH3 is 1. The van der Waals surface area contributed by atoms with Crippen molar-refractivity contribution in [2.45, 2.75) is 13.0 Å². The van der Waals surface area contributed by atoms with Crippen molar-refractivity contribution in [1.29, 1.82) is 0 Å². The van der Waals surface area contributed by atoms with Gasteiger partial charge < -0.3 is 14.6 Å². The number of hydrogen-bond donors (Lipinski definition) is 1. The number of aliphatic hydroxyl groups is 1. The number of allylic oxidation sites excluding steroid dienone is 1.